The summed E-state index contributed by atoms with van der Waals surface area (Å²) in [6.07, 6.45) is 3.82. The minimum atomic E-state index is -0.212. The second-order valence-corrected chi connectivity index (χ2v) is 6.66. The first-order valence-electron chi connectivity index (χ1n) is 9.39. The molecule has 142 valence electrons. The maximum atomic E-state index is 12.6. The van der Waals surface area contributed by atoms with Crippen molar-refractivity contribution in [2.24, 2.45) is 5.92 Å². The molecule has 0 aromatic carbocycles. The molecule has 25 heavy (non-hydrogen) atoms. The molecule has 2 rings (SSSR count). The number of ether oxygens (including phenoxy) is 2. The Morgan fingerprint density at radius 3 is 2.20 bits per heavy atom. The fourth-order valence-electron chi connectivity index (χ4n) is 3.20. The fraction of sp³-hybridized carbons (Fsp3) is 0.833. The Bertz CT molecular complexity index is 470. The number of carbonyl (C=O) groups is 3. The maximum absolute atomic E-state index is 12.6. The molecule has 0 bridgehead atoms. The third kappa shape index (κ3) is 6.30. The average molecular weight is 354 g/mol. The lowest BCUT2D eigenvalue weighted by Gasteiger charge is -2.32. The molecule has 7 nitrogen and oxygen atoms in total. The van der Waals surface area contributed by atoms with Crippen LogP contribution in [0.2, 0.25) is 0 Å². The third-order valence-electron chi connectivity index (χ3n) is 4.78. The Hall–Kier alpha value is -1.63. The Balaban J connectivity index is 1.76. The van der Waals surface area contributed by atoms with Gasteiger partial charge in [-0.1, -0.05) is 0 Å². The van der Waals surface area contributed by atoms with Crippen molar-refractivity contribution < 1.29 is 23.9 Å². The van der Waals surface area contributed by atoms with Crippen LogP contribution in [0.15, 0.2) is 0 Å². The monoisotopic (exact) mass is 354 g/mol. The van der Waals surface area contributed by atoms with Gasteiger partial charge in [-0.15, -0.1) is 0 Å². The minimum absolute atomic E-state index is 0.0815. The highest BCUT2D eigenvalue weighted by molar-refractivity contribution is 5.79. The van der Waals surface area contributed by atoms with E-state index in [2.05, 4.69) is 4.90 Å². The molecule has 1 saturated carbocycles. The van der Waals surface area contributed by atoms with Crippen molar-refractivity contribution in [3.63, 3.8) is 0 Å². The van der Waals surface area contributed by atoms with Gasteiger partial charge in [-0.05, 0) is 39.5 Å². The van der Waals surface area contributed by atoms with Gasteiger partial charge >= 0.3 is 11.9 Å². The summed E-state index contributed by atoms with van der Waals surface area (Å²) in [5.41, 5.74) is 0. The first-order valence-corrected chi connectivity index (χ1v) is 9.39. The van der Waals surface area contributed by atoms with Crippen molar-refractivity contribution >= 4 is 17.8 Å². The highest BCUT2D eigenvalue weighted by Gasteiger charge is 2.33. The van der Waals surface area contributed by atoms with E-state index >= 15 is 0 Å². The number of esters is 2. The molecular weight excluding hydrogens is 324 g/mol. The average Bonchev–Trinajstić information content (AvgIpc) is 3.44. The highest BCUT2D eigenvalue weighted by Crippen LogP contribution is 2.27. The van der Waals surface area contributed by atoms with E-state index in [1.54, 1.807) is 13.8 Å². The van der Waals surface area contributed by atoms with Crippen LogP contribution in [0, 0.1) is 5.92 Å². The van der Waals surface area contributed by atoms with Crippen LogP contribution in [-0.2, 0) is 23.9 Å². The number of rotatable bonds is 9. The second kappa shape index (κ2) is 9.75. The van der Waals surface area contributed by atoms with Gasteiger partial charge in [0.05, 0.1) is 32.1 Å². The summed E-state index contributed by atoms with van der Waals surface area (Å²) in [5, 5.41) is 0. The van der Waals surface area contributed by atoms with E-state index in [1.807, 2.05) is 4.90 Å². The summed E-state index contributed by atoms with van der Waals surface area (Å²) >= 11 is 0. The second-order valence-electron chi connectivity index (χ2n) is 6.66. The Kier molecular flexibility index (Phi) is 7.68. The van der Waals surface area contributed by atoms with Gasteiger partial charge in [-0.2, -0.15) is 0 Å². The molecule has 1 aliphatic carbocycles. The number of hydrogen-bond donors (Lipinski definition) is 0. The van der Waals surface area contributed by atoms with Crippen molar-refractivity contribution in [3.8, 4) is 0 Å². The van der Waals surface area contributed by atoms with Crippen LogP contribution in [-0.4, -0.2) is 73.1 Å². The lowest BCUT2D eigenvalue weighted by atomic mass is 9.97. The van der Waals surface area contributed by atoms with Crippen LogP contribution in [0.1, 0.15) is 46.0 Å². The smallest absolute Gasteiger partial charge is 0.309 e. The van der Waals surface area contributed by atoms with E-state index in [9.17, 15) is 14.4 Å². The molecule has 0 atom stereocenters. The predicted molar refractivity (Wildman–Crippen MR) is 91.8 cm³/mol. The van der Waals surface area contributed by atoms with Crippen LogP contribution in [0.25, 0.3) is 0 Å². The summed E-state index contributed by atoms with van der Waals surface area (Å²) in [4.78, 5) is 39.8. The maximum Gasteiger partial charge on any atom is 0.309 e. The van der Waals surface area contributed by atoms with Crippen molar-refractivity contribution in [1.29, 1.82) is 0 Å². The normalized spacial score (nSPS) is 18.3. The van der Waals surface area contributed by atoms with Crippen LogP contribution in [0.5, 0.6) is 0 Å². The standard InChI is InChI=1S/C18H30N2O5/c1-3-24-17(22)9-12-20(15-5-6-15)13-16(21)19-10-7-14(8-11-19)18(23)25-4-2/h14-15H,3-13H2,1-2H3. The van der Waals surface area contributed by atoms with Crippen molar-refractivity contribution in [2.75, 3.05) is 39.4 Å². The Morgan fingerprint density at radius 2 is 1.64 bits per heavy atom. The molecule has 2 fully saturated rings. The molecule has 7 heteroatoms. The van der Waals surface area contributed by atoms with Crippen molar-refractivity contribution in [1.82, 2.24) is 9.80 Å². The molecule has 0 spiro atoms. The minimum Gasteiger partial charge on any atom is -0.466 e. The first kappa shape index (κ1) is 19.7. The first-order chi connectivity index (χ1) is 12.0. The van der Waals surface area contributed by atoms with Crippen LogP contribution in [0.3, 0.4) is 0 Å². The summed E-state index contributed by atoms with van der Waals surface area (Å²) in [6, 6.07) is 0.412. The van der Waals surface area contributed by atoms with Gasteiger partial charge in [0, 0.05) is 25.7 Å². The number of amides is 1. The van der Waals surface area contributed by atoms with Gasteiger partial charge in [0.1, 0.15) is 0 Å². The van der Waals surface area contributed by atoms with Crippen LogP contribution in [0.4, 0.5) is 0 Å². The fourth-order valence-corrected chi connectivity index (χ4v) is 3.20. The van der Waals surface area contributed by atoms with Crippen LogP contribution < -0.4 is 0 Å². The molecule has 0 aromatic rings. The topological polar surface area (TPSA) is 76.2 Å². The Labute approximate surface area is 149 Å². The molecule has 2 aliphatic rings. The van der Waals surface area contributed by atoms with E-state index in [-0.39, 0.29) is 23.8 Å². The van der Waals surface area contributed by atoms with E-state index in [0.29, 0.717) is 64.7 Å². The molecule has 1 heterocycles. The lowest BCUT2D eigenvalue weighted by Crippen LogP contribution is -2.46. The lowest BCUT2D eigenvalue weighted by molar-refractivity contribution is -0.151. The predicted octanol–water partition coefficient (Wildman–Crippen LogP) is 1.21. The SMILES string of the molecule is CCOC(=O)CCN(CC(=O)N1CCC(C(=O)OCC)CC1)C1CC1. The molecule has 0 aromatic heterocycles. The van der Waals surface area contributed by atoms with E-state index in [4.69, 9.17) is 9.47 Å². The van der Waals surface area contributed by atoms with E-state index in [1.165, 1.54) is 0 Å². The van der Waals surface area contributed by atoms with E-state index in [0.717, 1.165) is 12.8 Å². The van der Waals surface area contributed by atoms with Gasteiger partial charge in [0.25, 0.3) is 0 Å². The van der Waals surface area contributed by atoms with Gasteiger partial charge in [-0.3, -0.25) is 19.3 Å². The summed E-state index contributed by atoms with van der Waals surface area (Å²) in [5.74, 6) is -0.370. The van der Waals surface area contributed by atoms with E-state index < -0.39 is 0 Å². The zero-order valence-electron chi connectivity index (χ0n) is 15.4. The number of piperidine rings is 1. The quantitative estimate of drug-likeness (QED) is 0.579. The summed E-state index contributed by atoms with van der Waals surface area (Å²) in [6.45, 7) is 6.48. The molecule has 1 amide bonds. The molecule has 0 radical (unpaired) electrons. The molecule has 1 aliphatic heterocycles. The number of hydrogen-bond acceptors (Lipinski definition) is 6. The zero-order chi connectivity index (χ0) is 18.2. The third-order valence-corrected chi connectivity index (χ3v) is 4.78. The Morgan fingerprint density at radius 1 is 1.00 bits per heavy atom. The van der Waals surface area contributed by atoms with Gasteiger partial charge in [0.15, 0.2) is 0 Å². The molecular formula is C18H30N2O5. The summed E-state index contributed by atoms with van der Waals surface area (Å²) in [7, 11) is 0. The number of nitrogens with zero attached hydrogens (tertiary/aromatic N) is 2. The largest absolute Gasteiger partial charge is 0.466 e. The highest BCUT2D eigenvalue weighted by atomic mass is 16.5. The molecule has 0 N–H and O–H groups in total. The van der Waals surface area contributed by atoms with Crippen LogP contribution >= 0.6 is 0 Å². The zero-order valence-corrected chi connectivity index (χ0v) is 15.4. The van der Waals surface area contributed by atoms with Crippen molar-refractivity contribution in [2.45, 2.75) is 52.0 Å². The number of carbonyl (C=O) groups excluding carboxylic acids is 3. The van der Waals surface area contributed by atoms with Crippen molar-refractivity contribution in [3.05, 3.63) is 0 Å². The molecule has 1 saturated heterocycles. The van der Waals surface area contributed by atoms with Gasteiger partial charge in [-0.25, -0.2) is 0 Å². The number of likely N-dealkylation sites (tertiary alicyclic amines) is 1. The molecule has 0 unspecified atom stereocenters. The summed E-state index contributed by atoms with van der Waals surface area (Å²) < 4.78 is 10.0. The van der Waals surface area contributed by atoms with Gasteiger partial charge in [0.2, 0.25) is 5.91 Å². The van der Waals surface area contributed by atoms with Gasteiger partial charge < -0.3 is 14.4 Å².